The number of benzene rings is 1. The van der Waals surface area contributed by atoms with Crippen LogP contribution < -0.4 is 10.1 Å². The van der Waals surface area contributed by atoms with Crippen LogP contribution in [-0.4, -0.2) is 47.4 Å². The summed E-state index contributed by atoms with van der Waals surface area (Å²) in [5.41, 5.74) is 0.779. The highest BCUT2D eigenvalue weighted by atomic mass is 35.5. The maximum Gasteiger partial charge on any atom is 0.274 e. The summed E-state index contributed by atoms with van der Waals surface area (Å²) in [6.07, 6.45) is 2.72. The van der Waals surface area contributed by atoms with E-state index >= 15 is 0 Å². The van der Waals surface area contributed by atoms with Crippen molar-refractivity contribution in [3.05, 3.63) is 23.2 Å². The molecule has 138 valence electrons. The number of fused-ring (bicyclic) bond motifs is 1. The molecule has 0 aliphatic carbocycles. The minimum Gasteiger partial charge on any atom is -0.467 e. The van der Waals surface area contributed by atoms with Crippen LogP contribution in [0.5, 0.6) is 5.19 Å². The van der Waals surface area contributed by atoms with Gasteiger partial charge in [-0.2, -0.15) is 0 Å². The predicted molar refractivity (Wildman–Crippen MR) is 101 cm³/mol. The minimum absolute atomic E-state index is 0.0390. The Kier molecular flexibility index (Phi) is 5.00. The summed E-state index contributed by atoms with van der Waals surface area (Å²) in [5, 5.41) is 4.05. The fourth-order valence-electron chi connectivity index (χ4n) is 3.48. The van der Waals surface area contributed by atoms with Gasteiger partial charge in [0, 0.05) is 38.9 Å². The Balaban J connectivity index is 1.32. The molecular weight excluding hydrogens is 374 g/mol. The lowest BCUT2D eigenvalue weighted by Crippen LogP contribution is -2.48. The second-order valence-electron chi connectivity index (χ2n) is 6.75. The molecule has 26 heavy (non-hydrogen) atoms. The zero-order valence-corrected chi connectivity index (χ0v) is 15.8. The first-order chi connectivity index (χ1) is 12.6. The number of carbonyl (C=O) groups excluding carboxylic acids is 2. The van der Waals surface area contributed by atoms with E-state index in [4.69, 9.17) is 16.3 Å². The average Bonchev–Trinajstić information content (AvgIpc) is 3.06. The summed E-state index contributed by atoms with van der Waals surface area (Å²) in [5.74, 6) is 0.101. The Bertz CT molecular complexity index is 822. The van der Waals surface area contributed by atoms with Crippen molar-refractivity contribution in [1.29, 1.82) is 0 Å². The molecule has 2 aromatic rings. The number of halogens is 1. The molecule has 0 saturated carbocycles. The van der Waals surface area contributed by atoms with E-state index in [0.29, 0.717) is 42.7 Å². The number of carbonyl (C=O) groups is 2. The summed E-state index contributed by atoms with van der Waals surface area (Å²) in [6.45, 7) is 1.82. The first-order valence-electron chi connectivity index (χ1n) is 8.87. The number of ether oxygens (including phenoxy) is 1. The van der Waals surface area contributed by atoms with Crippen LogP contribution in [0.15, 0.2) is 18.2 Å². The van der Waals surface area contributed by atoms with Gasteiger partial charge < -0.3 is 15.0 Å². The molecule has 2 amide bonds. The van der Waals surface area contributed by atoms with Gasteiger partial charge in [0.05, 0.1) is 15.6 Å². The number of aromatic nitrogens is 1. The van der Waals surface area contributed by atoms with Crippen molar-refractivity contribution in [2.45, 2.75) is 31.8 Å². The first-order valence-corrected chi connectivity index (χ1v) is 10.1. The van der Waals surface area contributed by atoms with Gasteiger partial charge >= 0.3 is 0 Å². The predicted octanol–water partition coefficient (Wildman–Crippen LogP) is 2.85. The Morgan fingerprint density at radius 1 is 1.31 bits per heavy atom. The van der Waals surface area contributed by atoms with Gasteiger partial charge in [0.25, 0.3) is 5.19 Å². The van der Waals surface area contributed by atoms with Gasteiger partial charge in [-0.3, -0.25) is 9.59 Å². The van der Waals surface area contributed by atoms with Crippen LogP contribution in [0.25, 0.3) is 10.2 Å². The van der Waals surface area contributed by atoms with E-state index in [0.717, 1.165) is 23.1 Å². The highest BCUT2D eigenvalue weighted by Gasteiger charge is 2.31. The second-order valence-corrected chi connectivity index (χ2v) is 8.15. The summed E-state index contributed by atoms with van der Waals surface area (Å²) < 4.78 is 7.05. The smallest absolute Gasteiger partial charge is 0.274 e. The quantitative estimate of drug-likeness (QED) is 0.870. The lowest BCUT2D eigenvalue weighted by atomic mass is 9.96. The second kappa shape index (κ2) is 7.40. The molecule has 0 radical (unpaired) electrons. The number of amides is 2. The third-order valence-electron chi connectivity index (χ3n) is 4.99. The van der Waals surface area contributed by atoms with E-state index in [2.05, 4.69) is 10.3 Å². The van der Waals surface area contributed by atoms with Crippen molar-refractivity contribution in [1.82, 2.24) is 15.2 Å². The number of hydrogen-bond donors (Lipinski definition) is 1. The molecule has 1 atom stereocenters. The number of likely N-dealkylation sites (tertiary alicyclic amines) is 1. The van der Waals surface area contributed by atoms with Crippen molar-refractivity contribution in [2.24, 2.45) is 5.92 Å². The minimum atomic E-state index is -0.0865. The van der Waals surface area contributed by atoms with Crippen LogP contribution in [0.4, 0.5) is 0 Å². The van der Waals surface area contributed by atoms with Crippen molar-refractivity contribution in [3.63, 3.8) is 0 Å². The fraction of sp³-hybridized carbons (Fsp3) is 0.500. The molecule has 6 nitrogen and oxygen atoms in total. The third-order valence-corrected chi connectivity index (χ3v) is 6.20. The first kappa shape index (κ1) is 17.5. The molecule has 2 aliphatic heterocycles. The summed E-state index contributed by atoms with van der Waals surface area (Å²) in [7, 11) is 0. The van der Waals surface area contributed by atoms with Crippen LogP contribution in [-0.2, 0) is 9.59 Å². The maximum atomic E-state index is 12.6. The molecule has 8 heteroatoms. The number of nitrogens with one attached hydrogen (secondary N) is 1. The number of hydrogen-bond acceptors (Lipinski definition) is 5. The lowest BCUT2D eigenvalue weighted by molar-refractivity contribution is -0.139. The van der Waals surface area contributed by atoms with Gasteiger partial charge in [-0.15, -0.1) is 0 Å². The van der Waals surface area contributed by atoms with Gasteiger partial charge in [-0.25, -0.2) is 4.98 Å². The van der Waals surface area contributed by atoms with Gasteiger partial charge in [-0.1, -0.05) is 29.0 Å². The molecule has 4 rings (SSSR count). The number of piperidine rings is 2. The van der Waals surface area contributed by atoms with Crippen molar-refractivity contribution in [2.75, 3.05) is 19.6 Å². The van der Waals surface area contributed by atoms with Crippen molar-refractivity contribution in [3.8, 4) is 5.19 Å². The number of nitrogens with zero attached hydrogens (tertiary/aromatic N) is 2. The molecule has 1 unspecified atom stereocenters. The van der Waals surface area contributed by atoms with E-state index in [9.17, 15) is 9.59 Å². The van der Waals surface area contributed by atoms with Crippen molar-refractivity contribution < 1.29 is 14.3 Å². The Morgan fingerprint density at radius 3 is 2.81 bits per heavy atom. The SMILES string of the molecule is O=C1CCC(C(=O)N2CCC(Oc3nc4c(Cl)cccc4s3)CC2)CN1. The average molecular weight is 394 g/mol. The van der Waals surface area contributed by atoms with Crippen LogP contribution in [0.2, 0.25) is 5.02 Å². The van der Waals surface area contributed by atoms with Crippen LogP contribution >= 0.6 is 22.9 Å². The van der Waals surface area contributed by atoms with Crippen LogP contribution in [0, 0.1) is 5.92 Å². The van der Waals surface area contributed by atoms with Gasteiger partial charge in [0.1, 0.15) is 11.6 Å². The zero-order valence-electron chi connectivity index (χ0n) is 14.2. The van der Waals surface area contributed by atoms with Crippen LogP contribution in [0.1, 0.15) is 25.7 Å². The molecule has 3 heterocycles. The summed E-state index contributed by atoms with van der Waals surface area (Å²) in [6, 6.07) is 5.71. The topological polar surface area (TPSA) is 71.5 Å². The van der Waals surface area contributed by atoms with Crippen molar-refractivity contribution >= 4 is 45.0 Å². The number of rotatable bonds is 3. The summed E-state index contributed by atoms with van der Waals surface area (Å²) in [4.78, 5) is 30.2. The van der Waals surface area contributed by atoms with Gasteiger partial charge in [-0.05, 0) is 18.6 Å². The molecule has 2 aliphatic rings. The highest BCUT2D eigenvalue weighted by Crippen LogP contribution is 2.33. The van der Waals surface area contributed by atoms with Crippen LogP contribution in [0.3, 0.4) is 0 Å². The number of para-hydroxylation sites is 1. The van der Waals surface area contributed by atoms with Gasteiger partial charge in [0.2, 0.25) is 11.8 Å². The molecule has 2 fully saturated rings. The van der Waals surface area contributed by atoms with E-state index in [1.54, 1.807) is 0 Å². The highest BCUT2D eigenvalue weighted by molar-refractivity contribution is 7.20. The van der Waals surface area contributed by atoms with E-state index < -0.39 is 0 Å². The Labute approximate surface area is 160 Å². The number of thiazole rings is 1. The molecule has 1 aromatic heterocycles. The molecule has 0 spiro atoms. The fourth-order valence-corrected chi connectivity index (χ4v) is 4.66. The monoisotopic (exact) mass is 393 g/mol. The Hall–Kier alpha value is -1.86. The van der Waals surface area contributed by atoms with E-state index in [-0.39, 0.29) is 23.8 Å². The summed E-state index contributed by atoms with van der Waals surface area (Å²) >= 11 is 7.66. The van der Waals surface area contributed by atoms with Gasteiger partial charge in [0.15, 0.2) is 0 Å². The van der Waals surface area contributed by atoms with E-state index in [1.165, 1.54) is 11.3 Å². The molecule has 1 aromatic carbocycles. The maximum absolute atomic E-state index is 12.6. The lowest BCUT2D eigenvalue weighted by Gasteiger charge is -2.34. The third kappa shape index (κ3) is 3.64. The molecule has 1 N–H and O–H groups in total. The normalized spacial score (nSPS) is 21.7. The molecule has 0 bridgehead atoms. The van der Waals surface area contributed by atoms with E-state index in [1.807, 2.05) is 23.1 Å². The molecular formula is C18H20ClN3O3S. The molecule has 2 saturated heterocycles. The Morgan fingerprint density at radius 2 is 2.12 bits per heavy atom. The zero-order chi connectivity index (χ0) is 18.1. The standard InChI is InChI=1S/C18H20ClN3O3S/c19-13-2-1-3-14-16(13)21-18(26-14)25-12-6-8-22(9-7-12)17(24)11-4-5-15(23)20-10-11/h1-3,11-12H,4-10H2,(H,20,23). The largest absolute Gasteiger partial charge is 0.467 e.